The number of rotatable bonds is 5. The van der Waals surface area contributed by atoms with Crippen LogP contribution >= 0.6 is 0 Å². The Balaban J connectivity index is 1.59. The van der Waals surface area contributed by atoms with Gasteiger partial charge in [0.05, 0.1) is 17.8 Å². The summed E-state index contributed by atoms with van der Waals surface area (Å²) < 4.78 is 10.6. The number of hydrogen-bond acceptors (Lipinski definition) is 5. The third kappa shape index (κ3) is 3.69. The predicted octanol–water partition coefficient (Wildman–Crippen LogP) is 3.69. The number of carbonyl (C=O) groups excluding carboxylic acids is 2. The van der Waals surface area contributed by atoms with E-state index in [1.54, 1.807) is 23.4 Å². The van der Waals surface area contributed by atoms with Crippen LogP contribution in [0, 0.1) is 6.08 Å². The molecule has 0 spiro atoms. The standard InChI is InChI=1S/C21H19N2O4/c24-20(27-17-7-4-8-17)10-9-16-13-22-12-11-18(16)23-19(14-26-21(23)25)15-5-2-1-3-6-15/h1-3,5-6,9,11-13,17,19H,4,7-8,14H2/t19-/m0/s1. The number of benzene rings is 1. The molecule has 1 aliphatic heterocycles. The fraction of sp³-hybridized carbons (Fsp3) is 0.286. The van der Waals surface area contributed by atoms with Gasteiger partial charge in [-0.05, 0) is 37.0 Å². The third-order valence-corrected chi connectivity index (χ3v) is 4.82. The fourth-order valence-corrected chi connectivity index (χ4v) is 3.15. The summed E-state index contributed by atoms with van der Waals surface area (Å²) in [5, 5.41) is 0. The molecular formula is C21H19N2O4. The number of cyclic esters (lactones) is 1. The molecule has 4 rings (SSSR count). The van der Waals surface area contributed by atoms with E-state index in [2.05, 4.69) is 11.1 Å². The Hall–Kier alpha value is -3.15. The summed E-state index contributed by atoms with van der Waals surface area (Å²) in [4.78, 5) is 30.0. The van der Waals surface area contributed by atoms with Crippen molar-refractivity contribution in [3.63, 3.8) is 0 Å². The number of hydrogen-bond donors (Lipinski definition) is 0. The summed E-state index contributed by atoms with van der Waals surface area (Å²) in [6.07, 6.45) is 9.81. The van der Waals surface area contributed by atoms with Crippen LogP contribution < -0.4 is 4.90 Å². The maximum absolute atomic E-state index is 12.4. The smallest absolute Gasteiger partial charge is 0.415 e. The average molecular weight is 363 g/mol. The van der Waals surface area contributed by atoms with Crippen LogP contribution in [0.15, 0.2) is 48.8 Å². The Labute approximate surface area is 157 Å². The molecule has 0 bridgehead atoms. The van der Waals surface area contributed by atoms with E-state index in [9.17, 15) is 9.59 Å². The first kappa shape index (κ1) is 17.3. The molecule has 1 amide bonds. The number of carbonyl (C=O) groups is 2. The quantitative estimate of drug-likeness (QED) is 0.599. The minimum Gasteiger partial charge on any atom is -0.459 e. The lowest BCUT2D eigenvalue weighted by molar-refractivity contribution is -0.147. The van der Waals surface area contributed by atoms with E-state index in [0.717, 1.165) is 24.8 Å². The van der Waals surface area contributed by atoms with Gasteiger partial charge >= 0.3 is 12.1 Å². The van der Waals surface area contributed by atoms with Crippen LogP contribution in [0.3, 0.4) is 0 Å². The van der Waals surface area contributed by atoms with Crippen molar-refractivity contribution in [1.82, 2.24) is 4.98 Å². The van der Waals surface area contributed by atoms with Crippen LogP contribution in [-0.2, 0) is 14.3 Å². The molecule has 0 N–H and O–H groups in total. The van der Waals surface area contributed by atoms with E-state index < -0.39 is 12.1 Å². The molecule has 1 saturated carbocycles. The molecule has 1 aliphatic carbocycles. The van der Waals surface area contributed by atoms with Crippen molar-refractivity contribution < 1.29 is 19.1 Å². The largest absolute Gasteiger partial charge is 0.459 e. The summed E-state index contributed by atoms with van der Waals surface area (Å²) in [6.45, 7) is 0.266. The second-order valence-corrected chi connectivity index (χ2v) is 6.55. The van der Waals surface area contributed by atoms with Gasteiger partial charge in [-0.25, -0.2) is 9.59 Å². The molecule has 27 heavy (non-hydrogen) atoms. The fourth-order valence-electron chi connectivity index (χ4n) is 3.15. The normalized spacial score (nSPS) is 19.8. The molecule has 137 valence electrons. The van der Waals surface area contributed by atoms with Crippen LogP contribution in [0.2, 0.25) is 0 Å². The van der Waals surface area contributed by atoms with Gasteiger partial charge in [0, 0.05) is 18.0 Å². The zero-order chi connectivity index (χ0) is 18.6. The minimum absolute atomic E-state index is 0.00258. The summed E-state index contributed by atoms with van der Waals surface area (Å²) in [7, 11) is 0. The zero-order valence-corrected chi connectivity index (χ0v) is 14.7. The van der Waals surface area contributed by atoms with Crippen molar-refractivity contribution in [3.8, 4) is 0 Å². The number of ether oxygens (including phenoxy) is 2. The maximum Gasteiger partial charge on any atom is 0.415 e. The van der Waals surface area contributed by atoms with Gasteiger partial charge in [-0.3, -0.25) is 9.88 Å². The van der Waals surface area contributed by atoms with Crippen molar-refractivity contribution in [1.29, 1.82) is 0 Å². The summed E-state index contributed by atoms with van der Waals surface area (Å²) in [5.74, 6) is -0.502. The Morgan fingerprint density at radius 3 is 2.81 bits per heavy atom. The highest BCUT2D eigenvalue weighted by atomic mass is 16.6. The lowest BCUT2D eigenvalue weighted by atomic mass is 9.96. The number of amides is 1. The van der Waals surface area contributed by atoms with Gasteiger partial charge < -0.3 is 9.47 Å². The Kier molecular flexibility index (Phi) is 4.87. The van der Waals surface area contributed by atoms with Gasteiger partial charge in [0.25, 0.3) is 0 Å². The van der Waals surface area contributed by atoms with Gasteiger partial charge in [0.2, 0.25) is 0 Å². The van der Waals surface area contributed by atoms with Crippen molar-refractivity contribution >= 4 is 23.8 Å². The van der Waals surface area contributed by atoms with Crippen LogP contribution in [0.25, 0.3) is 6.08 Å². The highest BCUT2D eigenvalue weighted by molar-refractivity contribution is 5.94. The van der Waals surface area contributed by atoms with E-state index in [-0.39, 0.29) is 18.8 Å². The first-order chi connectivity index (χ1) is 13.2. The van der Waals surface area contributed by atoms with E-state index in [4.69, 9.17) is 9.47 Å². The minimum atomic E-state index is -0.502. The maximum atomic E-state index is 12.4. The molecule has 1 saturated heterocycles. The van der Waals surface area contributed by atoms with Gasteiger partial charge in [-0.15, -0.1) is 0 Å². The van der Waals surface area contributed by atoms with Gasteiger partial charge in [0.1, 0.15) is 12.7 Å². The monoisotopic (exact) mass is 363 g/mol. The highest BCUT2D eigenvalue weighted by Gasteiger charge is 2.36. The molecule has 1 aromatic carbocycles. The number of nitrogens with zero attached hydrogens (tertiary/aromatic N) is 2. The van der Waals surface area contributed by atoms with Crippen LogP contribution in [0.4, 0.5) is 10.5 Å². The van der Waals surface area contributed by atoms with Crippen molar-refractivity contribution in [2.75, 3.05) is 11.5 Å². The molecule has 1 aromatic heterocycles. The first-order valence-electron chi connectivity index (χ1n) is 8.97. The zero-order valence-electron chi connectivity index (χ0n) is 14.7. The Morgan fingerprint density at radius 1 is 1.26 bits per heavy atom. The molecule has 1 radical (unpaired) electrons. The van der Waals surface area contributed by atoms with Gasteiger partial charge in [0.15, 0.2) is 0 Å². The lowest BCUT2D eigenvalue weighted by Crippen LogP contribution is -2.28. The second-order valence-electron chi connectivity index (χ2n) is 6.55. The van der Waals surface area contributed by atoms with Crippen LogP contribution in [0.5, 0.6) is 0 Å². The van der Waals surface area contributed by atoms with Crippen LogP contribution in [0.1, 0.15) is 36.4 Å². The number of pyridine rings is 1. The van der Waals surface area contributed by atoms with E-state index in [1.165, 1.54) is 6.08 Å². The van der Waals surface area contributed by atoms with Gasteiger partial charge in [-0.1, -0.05) is 30.3 Å². The lowest BCUT2D eigenvalue weighted by Gasteiger charge is -2.24. The van der Waals surface area contributed by atoms with E-state index in [0.29, 0.717) is 11.3 Å². The molecular weight excluding hydrogens is 344 g/mol. The predicted molar refractivity (Wildman–Crippen MR) is 98.7 cm³/mol. The molecule has 1 atom stereocenters. The van der Waals surface area contributed by atoms with E-state index >= 15 is 0 Å². The third-order valence-electron chi connectivity index (χ3n) is 4.82. The highest BCUT2D eigenvalue weighted by Crippen LogP contribution is 2.35. The summed E-state index contributed by atoms with van der Waals surface area (Å²) in [5.41, 5.74) is 2.19. The molecule has 2 heterocycles. The van der Waals surface area contributed by atoms with Crippen molar-refractivity contribution in [2.24, 2.45) is 0 Å². The molecule has 6 nitrogen and oxygen atoms in total. The molecule has 0 unspecified atom stereocenters. The SMILES string of the molecule is O=C(/[C]=C/c1cnccc1N1C(=O)OC[C@H]1c1ccccc1)OC1CCC1. The summed E-state index contributed by atoms with van der Waals surface area (Å²) >= 11 is 0. The van der Waals surface area contributed by atoms with Crippen molar-refractivity contribution in [2.45, 2.75) is 31.4 Å². The first-order valence-corrected chi connectivity index (χ1v) is 8.97. The molecule has 2 aromatic rings. The number of anilines is 1. The Bertz CT molecular complexity index is 861. The Morgan fingerprint density at radius 2 is 2.07 bits per heavy atom. The molecule has 2 fully saturated rings. The molecule has 6 heteroatoms. The number of esters is 1. The van der Waals surface area contributed by atoms with Crippen LogP contribution in [-0.4, -0.2) is 29.8 Å². The number of aromatic nitrogens is 1. The summed E-state index contributed by atoms with van der Waals surface area (Å²) in [6, 6.07) is 11.2. The van der Waals surface area contributed by atoms with Gasteiger partial charge in [-0.2, -0.15) is 0 Å². The molecule has 2 aliphatic rings. The van der Waals surface area contributed by atoms with Crippen molar-refractivity contribution in [3.05, 3.63) is 66.0 Å². The van der Waals surface area contributed by atoms with E-state index in [1.807, 2.05) is 30.3 Å². The second kappa shape index (κ2) is 7.61. The topological polar surface area (TPSA) is 68.7 Å². The average Bonchev–Trinajstić information content (AvgIpc) is 3.05.